The number of fused-ring (bicyclic) bond motifs is 1. The highest BCUT2D eigenvalue weighted by molar-refractivity contribution is 5.93. The maximum absolute atomic E-state index is 5.98. The Morgan fingerprint density at radius 2 is 1.83 bits per heavy atom. The van der Waals surface area contributed by atoms with E-state index in [4.69, 9.17) is 5.73 Å². The van der Waals surface area contributed by atoms with Crippen LogP contribution in [0.2, 0.25) is 0 Å². The number of nitrogen functional groups attached to an aromatic ring is 1. The Labute approximate surface area is 106 Å². The van der Waals surface area contributed by atoms with Crippen molar-refractivity contribution >= 4 is 16.6 Å². The van der Waals surface area contributed by atoms with Gasteiger partial charge in [-0.3, -0.25) is 4.98 Å². The summed E-state index contributed by atoms with van der Waals surface area (Å²) < 4.78 is 0. The van der Waals surface area contributed by atoms with Gasteiger partial charge in [0.15, 0.2) is 0 Å². The third-order valence-electron chi connectivity index (χ3n) is 3.22. The van der Waals surface area contributed by atoms with Gasteiger partial charge in [-0.05, 0) is 30.2 Å². The van der Waals surface area contributed by atoms with Gasteiger partial charge in [-0.15, -0.1) is 0 Å². The number of aromatic nitrogens is 1. The number of pyridine rings is 1. The first-order valence-corrected chi connectivity index (χ1v) is 5.96. The van der Waals surface area contributed by atoms with Crippen LogP contribution in [0.5, 0.6) is 0 Å². The van der Waals surface area contributed by atoms with E-state index in [0.717, 1.165) is 33.3 Å². The van der Waals surface area contributed by atoms with Crippen molar-refractivity contribution < 1.29 is 0 Å². The summed E-state index contributed by atoms with van der Waals surface area (Å²) in [6.07, 6.45) is 1.82. The Morgan fingerprint density at radius 1 is 1.00 bits per heavy atom. The van der Waals surface area contributed by atoms with Crippen molar-refractivity contribution in [2.45, 2.75) is 6.92 Å². The van der Waals surface area contributed by atoms with Gasteiger partial charge in [0.1, 0.15) is 0 Å². The van der Waals surface area contributed by atoms with Crippen LogP contribution >= 0.6 is 0 Å². The lowest BCUT2D eigenvalue weighted by Gasteiger charge is -2.08. The molecule has 2 nitrogen and oxygen atoms in total. The topological polar surface area (TPSA) is 38.9 Å². The Bertz CT molecular complexity index is 712. The van der Waals surface area contributed by atoms with Gasteiger partial charge in [-0.2, -0.15) is 0 Å². The largest absolute Gasteiger partial charge is 0.398 e. The second-order valence-corrected chi connectivity index (χ2v) is 4.45. The molecule has 0 aliphatic heterocycles. The van der Waals surface area contributed by atoms with Gasteiger partial charge in [0.2, 0.25) is 0 Å². The molecule has 0 radical (unpaired) electrons. The van der Waals surface area contributed by atoms with Crippen molar-refractivity contribution in [3.63, 3.8) is 0 Å². The zero-order valence-electron chi connectivity index (χ0n) is 10.2. The van der Waals surface area contributed by atoms with Crippen LogP contribution < -0.4 is 5.73 Å². The molecular weight excluding hydrogens is 220 g/mol. The lowest BCUT2D eigenvalue weighted by Crippen LogP contribution is -1.91. The smallest absolute Gasteiger partial charge is 0.0780 e. The number of para-hydroxylation sites is 1. The van der Waals surface area contributed by atoms with Crippen LogP contribution in [0.25, 0.3) is 22.0 Å². The lowest BCUT2D eigenvalue weighted by molar-refractivity contribution is 1.41. The van der Waals surface area contributed by atoms with Gasteiger partial charge in [-0.1, -0.05) is 36.4 Å². The number of aryl methyl sites for hydroxylation is 1. The number of nitrogens with zero attached hydrogens (tertiary/aromatic N) is 1. The molecule has 0 bridgehead atoms. The van der Waals surface area contributed by atoms with Crippen molar-refractivity contribution in [2.75, 3.05) is 5.73 Å². The number of rotatable bonds is 1. The van der Waals surface area contributed by atoms with Gasteiger partial charge < -0.3 is 5.73 Å². The van der Waals surface area contributed by atoms with E-state index in [-0.39, 0.29) is 0 Å². The minimum absolute atomic E-state index is 0.820. The maximum atomic E-state index is 5.98. The average molecular weight is 234 g/mol. The molecule has 18 heavy (non-hydrogen) atoms. The van der Waals surface area contributed by atoms with E-state index in [2.05, 4.69) is 35.3 Å². The highest BCUT2D eigenvalue weighted by atomic mass is 14.6. The van der Waals surface area contributed by atoms with Crippen molar-refractivity contribution in [1.29, 1.82) is 0 Å². The predicted molar refractivity (Wildman–Crippen MR) is 76.3 cm³/mol. The molecule has 0 unspecified atom stereocenters. The molecule has 1 aromatic heterocycles. The van der Waals surface area contributed by atoms with Crippen LogP contribution in [-0.4, -0.2) is 4.98 Å². The number of anilines is 1. The third-order valence-corrected chi connectivity index (χ3v) is 3.22. The van der Waals surface area contributed by atoms with Crippen LogP contribution in [0.1, 0.15) is 5.56 Å². The first kappa shape index (κ1) is 10.8. The average Bonchev–Trinajstić information content (AvgIpc) is 2.41. The van der Waals surface area contributed by atoms with Crippen LogP contribution in [0, 0.1) is 6.92 Å². The third kappa shape index (κ3) is 1.72. The molecule has 3 aromatic rings. The van der Waals surface area contributed by atoms with Gasteiger partial charge in [-0.25, -0.2) is 0 Å². The summed E-state index contributed by atoms with van der Waals surface area (Å²) in [6, 6.07) is 16.4. The van der Waals surface area contributed by atoms with Crippen molar-refractivity contribution in [3.05, 3.63) is 60.3 Å². The van der Waals surface area contributed by atoms with E-state index in [0.29, 0.717) is 0 Å². The fourth-order valence-corrected chi connectivity index (χ4v) is 2.15. The highest BCUT2D eigenvalue weighted by Gasteiger charge is 2.05. The molecule has 2 aromatic carbocycles. The summed E-state index contributed by atoms with van der Waals surface area (Å²) >= 11 is 0. The molecular formula is C16H14N2. The molecule has 0 atom stereocenters. The van der Waals surface area contributed by atoms with E-state index in [1.54, 1.807) is 0 Å². The SMILES string of the molecule is Cc1ccc(-c2cccc3cccnc23)cc1N. The first-order chi connectivity index (χ1) is 8.75. The predicted octanol–water partition coefficient (Wildman–Crippen LogP) is 3.79. The van der Waals surface area contributed by atoms with Crippen LogP contribution in [0.3, 0.4) is 0 Å². The fraction of sp³-hybridized carbons (Fsp3) is 0.0625. The summed E-state index contributed by atoms with van der Waals surface area (Å²) in [7, 11) is 0. The number of benzene rings is 2. The molecule has 0 amide bonds. The Hall–Kier alpha value is -2.35. The lowest BCUT2D eigenvalue weighted by atomic mass is 10.00. The molecule has 0 saturated heterocycles. The standard InChI is InChI=1S/C16H14N2/c1-11-7-8-13(10-15(11)17)14-6-2-4-12-5-3-9-18-16(12)14/h2-10H,17H2,1H3. The van der Waals surface area contributed by atoms with Crippen molar-refractivity contribution in [3.8, 4) is 11.1 Å². The summed E-state index contributed by atoms with van der Waals surface area (Å²) in [6.45, 7) is 2.01. The minimum atomic E-state index is 0.820. The van der Waals surface area contributed by atoms with Gasteiger partial charge in [0.25, 0.3) is 0 Å². The quantitative estimate of drug-likeness (QED) is 0.650. The summed E-state index contributed by atoms with van der Waals surface area (Å²) in [5.41, 5.74) is 11.2. The Balaban J connectivity index is 2.28. The van der Waals surface area contributed by atoms with E-state index in [1.807, 2.05) is 31.3 Å². The second-order valence-electron chi connectivity index (χ2n) is 4.45. The molecule has 0 aliphatic carbocycles. The zero-order valence-corrected chi connectivity index (χ0v) is 10.2. The first-order valence-electron chi connectivity index (χ1n) is 5.96. The summed E-state index contributed by atoms with van der Waals surface area (Å²) in [5, 5.41) is 1.15. The van der Waals surface area contributed by atoms with Crippen LogP contribution in [-0.2, 0) is 0 Å². The molecule has 88 valence electrons. The van der Waals surface area contributed by atoms with Crippen LogP contribution in [0.4, 0.5) is 5.69 Å². The number of nitrogens with two attached hydrogens (primary N) is 1. The Kier molecular flexibility index (Phi) is 2.49. The molecule has 2 heteroatoms. The van der Waals surface area contributed by atoms with E-state index in [1.165, 1.54) is 0 Å². The monoisotopic (exact) mass is 234 g/mol. The molecule has 0 aliphatic rings. The van der Waals surface area contributed by atoms with Gasteiger partial charge in [0.05, 0.1) is 5.52 Å². The van der Waals surface area contributed by atoms with Gasteiger partial charge in [0, 0.05) is 22.8 Å². The number of hydrogen-bond acceptors (Lipinski definition) is 2. The maximum Gasteiger partial charge on any atom is 0.0780 e. The highest BCUT2D eigenvalue weighted by Crippen LogP contribution is 2.29. The van der Waals surface area contributed by atoms with E-state index in [9.17, 15) is 0 Å². The molecule has 2 N–H and O–H groups in total. The van der Waals surface area contributed by atoms with E-state index >= 15 is 0 Å². The van der Waals surface area contributed by atoms with Crippen LogP contribution in [0.15, 0.2) is 54.7 Å². The molecule has 0 spiro atoms. The minimum Gasteiger partial charge on any atom is -0.398 e. The molecule has 0 saturated carbocycles. The van der Waals surface area contributed by atoms with Crippen molar-refractivity contribution in [2.24, 2.45) is 0 Å². The normalized spacial score (nSPS) is 10.7. The molecule has 1 heterocycles. The Morgan fingerprint density at radius 3 is 2.67 bits per heavy atom. The molecule has 0 fully saturated rings. The summed E-state index contributed by atoms with van der Waals surface area (Å²) in [5.74, 6) is 0. The van der Waals surface area contributed by atoms with Gasteiger partial charge >= 0.3 is 0 Å². The summed E-state index contributed by atoms with van der Waals surface area (Å²) in [4.78, 5) is 4.47. The second kappa shape index (κ2) is 4.15. The molecule has 3 rings (SSSR count). The fourth-order valence-electron chi connectivity index (χ4n) is 2.15. The zero-order chi connectivity index (χ0) is 12.5. The number of hydrogen-bond donors (Lipinski definition) is 1. The van der Waals surface area contributed by atoms with E-state index < -0.39 is 0 Å². The van der Waals surface area contributed by atoms with Crippen molar-refractivity contribution in [1.82, 2.24) is 4.98 Å².